The first-order valence-electron chi connectivity index (χ1n) is 25.1. The van der Waals surface area contributed by atoms with Gasteiger partial charge in [-0.1, -0.05) is 44.5 Å². The summed E-state index contributed by atoms with van der Waals surface area (Å²) in [6.45, 7) is 10.2. The van der Waals surface area contributed by atoms with Crippen molar-refractivity contribution in [3.8, 4) is 17.2 Å². The van der Waals surface area contributed by atoms with Crippen LogP contribution in [0.15, 0.2) is 71.8 Å². The number of nitro benzene ring substituents is 1. The molecule has 3 aliphatic carbocycles. The van der Waals surface area contributed by atoms with Crippen LogP contribution in [0, 0.1) is 27.3 Å². The van der Waals surface area contributed by atoms with E-state index in [9.17, 15) is 28.4 Å². The van der Waals surface area contributed by atoms with Gasteiger partial charge in [0.2, 0.25) is 0 Å². The van der Waals surface area contributed by atoms with Crippen molar-refractivity contribution >= 4 is 44.0 Å². The van der Waals surface area contributed by atoms with Crippen molar-refractivity contribution in [1.29, 1.82) is 0 Å². The lowest BCUT2D eigenvalue weighted by Gasteiger charge is -2.57. The number of aromatic nitrogens is 2. The molecule has 5 aromatic rings. The highest BCUT2D eigenvalue weighted by atomic mass is 32.2. The van der Waals surface area contributed by atoms with E-state index in [4.69, 9.17) is 14.5 Å². The van der Waals surface area contributed by atoms with E-state index in [1.54, 1.807) is 25.1 Å². The number of pyridine rings is 1. The molecule has 3 aromatic carbocycles. The summed E-state index contributed by atoms with van der Waals surface area (Å²) in [5.41, 5.74) is 3.67. The Hall–Kier alpha value is -5.78. The molecule has 3 aliphatic heterocycles. The van der Waals surface area contributed by atoms with Crippen LogP contribution in [-0.2, 0) is 10.0 Å². The van der Waals surface area contributed by atoms with Crippen molar-refractivity contribution in [2.45, 2.75) is 132 Å². The number of nitrogens with one attached hydrogen (secondary N) is 3. The third kappa shape index (κ3) is 8.86. The number of amides is 1. The number of halogens is 1. The molecule has 17 heteroatoms. The van der Waals surface area contributed by atoms with E-state index >= 15 is 4.39 Å². The summed E-state index contributed by atoms with van der Waals surface area (Å²) in [4.78, 5) is 38.2. The van der Waals surface area contributed by atoms with Crippen LogP contribution in [0.2, 0.25) is 0 Å². The second-order valence-corrected chi connectivity index (χ2v) is 23.3. The molecule has 5 fully saturated rings. The number of carbonyl (C=O) groups excluding carboxylic acids is 1. The largest absolute Gasteiger partial charge is 0.489 e. The van der Waals surface area contributed by atoms with Crippen molar-refractivity contribution < 1.29 is 37.1 Å². The number of hydrogen-bond acceptors (Lipinski definition) is 12. The summed E-state index contributed by atoms with van der Waals surface area (Å²) in [6.07, 6.45) is 11.2. The maximum absolute atomic E-state index is 15.0. The Kier molecular flexibility index (Phi) is 11.9. The fourth-order valence-electron chi connectivity index (χ4n) is 12.3. The minimum absolute atomic E-state index is 0.0185. The molecule has 11 rings (SSSR count). The van der Waals surface area contributed by atoms with E-state index in [2.05, 4.69) is 62.9 Å². The average Bonchev–Trinajstić information content (AvgIpc) is 3.96. The number of piperidine rings is 1. The third-order valence-electron chi connectivity index (χ3n) is 16.4. The van der Waals surface area contributed by atoms with Crippen LogP contribution in [0.4, 0.5) is 21.5 Å². The zero-order valence-corrected chi connectivity index (χ0v) is 40.8. The zero-order chi connectivity index (χ0) is 48.7. The first-order valence-corrected chi connectivity index (χ1v) is 26.6. The van der Waals surface area contributed by atoms with Gasteiger partial charge >= 0.3 is 0 Å². The van der Waals surface area contributed by atoms with Gasteiger partial charge in [0.05, 0.1) is 38.1 Å². The topological polar surface area (TPSA) is 192 Å². The molecule has 5 heterocycles. The highest BCUT2D eigenvalue weighted by Gasteiger charge is 2.50. The SMILES string of the molecule is CC(C)c1ccccc1[C@@H]1CCCC1N1CC2(CCN(c3ccc(C(=O)NS(=O)(=O)c4cc5c(c([N+](=O)[O-])c4)N[C@@H](C4CCC(C)(O)CC4)CO5)c(Oc4cc5c(F)c[nH]c5nc4C4CC4)c3)CC2)C1. The smallest absolute Gasteiger partial charge is 0.297 e. The molecular formula is C53H62FN7O8S. The number of likely N-dealkylation sites (tertiary alicyclic amines) is 1. The molecule has 0 radical (unpaired) electrons. The summed E-state index contributed by atoms with van der Waals surface area (Å²) in [6, 6.07) is 18.0. The Labute approximate surface area is 407 Å². The van der Waals surface area contributed by atoms with E-state index < -0.39 is 42.9 Å². The van der Waals surface area contributed by atoms with Crippen LogP contribution in [0.1, 0.15) is 136 Å². The Balaban J connectivity index is 0.838. The van der Waals surface area contributed by atoms with Crippen LogP contribution in [0.3, 0.4) is 0 Å². The summed E-state index contributed by atoms with van der Waals surface area (Å²) in [5, 5.41) is 26.4. The number of anilines is 2. The van der Waals surface area contributed by atoms with Crippen molar-refractivity contribution in [2.24, 2.45) is 11.3 Å². The third-order valence-corrected chi connectivity index (χ3v) is 17.8. The van der Waals surface area contributed by atoms with Gasteiger partial charge in [-0.3, -0.25) is 19.8 Å². The molecule has 2 saturated heterocycles. The fraction of sp³-hybridized carbons (Fsp3) is 0.509. The lowest BCUT2D eigenvalue weighted by molar-refractivity contribution is -0.384. The minimum atomic E-state index is -4.72. The standard InChI is InChI=1S/C53H62FN7O8S/c1-31(2)36-7-4-5-8-37(36)38-9-6-10-43(38)60-29-53(30-60)19-21-59(22-20-53)34-13-14-39(45(23-34)69-47-26-40-41(54)27-55-50(40)57-48(47)33-11-12-33)51(62)58-70(66,67)35-24-44(61(64)65)49-46(25-35)68-28-42(56-49)32-15-17-52(3,63)18-16-32/h4-5,7-8,13-14,23-27,31-33,38,42-43,56,63H,6,9-12,15-22,28-30H2,1-3H3,(H,55,57)(H,58,62)/t32?,38-,42+,43?,52?/m0/s1. The molecule has 15 nitrogen and oxygen atoms in total. The van der Waals surface area contributed by atoms with Gasteiger partial charge in [-0.25, -0.2) is 22.5 Å². The number of fused-ring (bicyclic) bond motifs is 2. The number of sulfonamides is 1. The number of hydrogen-bond donors (Lipinski definition) is 4. The predicted molar refractivity (Wildman–Crippen MR) is 264 cm³/mol. The molecule has 70 heavy (non-hydrogen) atoms. The van der Waals surface area contributed by atoms with Gasteiger partial charge in [0, 0.05) is 68.2 Å². The summed E-state index contributed by atoms with van der Waals surface area (Å²) >= 11 is 0. The number of ether oxygens (including phenoxy) is 2. The number of benzene rings is 3. The molecule has 1 amide bonds. The van der Waals surface area contributed by atoms with Gasteiger partial charge in [0.25, 0.3) is 21.6 Å². The normalized spacial score (nSPS) is 25.5. The number of aromatic amines is 1. The quantitative estimate of drug-likeness (QED) is 0.0685. The van der Waals surface area contributed by atoms with Crippen molar-refractivity contribution in [3.05, 3.63) is 105 Å². The monoisotopic (exact) mass is 975 g/mol. The molecule has 2 aromatic heterocycles. The van der Waals surface area contributed by atoms with E-state index in [1.165, 1.54) is 48.7 Å². The van der Waals surface area contributed by atoms with Crippen LogP contribution in [-0.4, -0.2) is 89.7 Å². The molecule has 6 aliphatic rings. The van der Waals surface area contributed by atoms with Gasteiger partial charge in [-0.15, -0.1) is 0 Å². The molecule has 1 spiro atoms. The summed E-state index contributed by atoms with van der Waals surface area (Å²) in [5.74, 6) is -0.0206. The minimum Gasteiger partial charge on any atom is -0.489 e. The van der Waals surface area contributed by atoms with Gasteiger partial charge in [0.15, 0.2) is 11.4 Å². The fourth-order valence-corrected chi connectivity index (χ4v) is 13.3. The Morgan fingerprint density at radius 2 is 1.76 bits per heavy atom. The molecule has 370 valence electrons. The summed E-state index contributed by atoms with van der Waals surface area (Å²) < 4.78 is 58.0. The Morgan fingerprint density at radius 3 is 2.49 bits per heavy atom. The number of carbonyl (C=O) groups is 1. The molecule has 3 saturated carbocycles. The summed E-state index contributed by atoms with van der Waals surface area (Å²) in [7, 11) is -4.72. The maximum atomic E-state index is 15.0. The van der Waals surface area contributed by atoms with Crippen molar-refractivity contribution in [1.82, 2.24) is 19.6 Å². The second kappa shape index (κ2) is 17.8. The molecular weight excluding hydrogens is 914 g/mol. The van der Waals surface area contributed by atoms with Crippen molar-refractivity contribution in [3.63, 3.8) is 0 Å². The van der Waals surface area contributed by atoms with E-state index in [-0.39, 0.29) is 63.8 Å². The second-order valence-electron chi connectivity index (χ2n) is 21.6. The number of H-pyrrole nitrogens is 1. The maximum Gasteiger partial charge on any atom is 0.297 e. The van der Waals surface area contributed by atoms with Gasteiger partial charge in [-0.05, 0) is 124 Å². The van der Waals surface area contributed by atoms with Gasteiger partial charge in [0.1, 0.15) is 29.6 Å². The Morgan fingerprint density at radius 1 is 1.00 bits per heavy atom. The van der Waals surface area contributed by atoms with E-state index in [1.807, 2.05) is 0 Å². The number of nitro groups is 1. The first kappa shape index (κ1) is 46.6. The van der Waals surface area contributed by atoms with Crippen LogP contribution in [0.25, 0.3) is 11.0 Å². The molecule has 0 bridgehead atoms. The molecule has 3 atom stereocenters. The molecule has 4 N–H and O–H groups in total. The molecule has 1 unspecified atom stereocenters. The zero-order valence-electron chi connectivity index (χ0n) is 40.0. The van der Waals surface area contributed by atoms with Crippen LogP contribution in [0.5, 0.6) is 17.2 Å². The number of nitrogens with zero attached hydrogens (tertiary/aromatic N) is 4. The predicted octanol–water partition coefficient (Wildman–Crippen LogP) is 9.87. The van der Waals surface area contributed by atoms with E-state index in [0.29, 0.717) is 54.9 Å². The van der Waals surface area contributed by atoms with E-state index in [0.717, 1.165) is 63.6 Å². The van der Waals surface area contributed by atoms with Gasteiger partial charge < -0.3 is 29.8 Å². The average molecular weight is 976 g/mol. The van der Waals surface area contributed by atoms with Crippen molar-refractivity contribution in [2.75, 3.05) is 43.0 Å². The lowest BCUT2D eigenvalue weighted by Crippen LogP contribution is -2.63. The highest BCUT2D eigenvalue weighted by molar-refractivity contribution is 7.90. The number of rotatable bonds is 12. The van der Waals surface area contributed by atoms with Crippen LogP contribution < -0.4 is 24.4 Å². The lowest BCUT2D eigenvalue weighted by atomic mass is 9.70. The van der Waals surface area contributed by atoms with Gasteiger partial charge in [-0.2, -0.15) is 0 Å². The first-order chi connectivity index (χ1) is 33.5. The van der Waals surface area contributed by atoms with Crippen LogP contribution >= 0.6 is 0 Å². The highest BCUT2D eigenvalue weighted by Crippen LogP contribution is 2.50. The number of aliphatic hydroxyl groups is 1. The Bertz CT molecular complexity index is 2970.